The van der Waals surface area contributed by atoms with Crippen molar-refractivity contribution in [3.8, 4) is 5.75 Å². The summed E-state index contributed by atoms with van der Waals surface area (Å²) in [6, 6.07) is 6.39. The average molecular weight is 272 g/mol. The first-order valence-corrected chi connectivity index (χ1v) is 8.07. The molecule has 20 heavy (non-hydrogen) atoms. The van der Waals surface area contributed by atoms with Crippen LogP contribution in [0.15, 0.2) is 18.2 Å². The minimum atomic E-state index is 0.452. The summed E-state index contributed by atoms with van der Waals surface area (Å²) in [4.78, 5) is 12.1. The van der Waals surface area contributed by atoms with Crippen LogP contribution in [0.2, 0.25) is 0 Å². The van der Waals surface area contributed by atoms with E-state index in [-0.39, 0.29) is 0 Å². The molecule has 0 atom stereocenters. The normalized spacial score (nSPS) is 18.6. The van der Waals surface area contributed by atoms with Gasteiger partial charge in [-0.25, -0.2) is 0 Å². The molecule has 0 N–H and O–H groups in total. The largest absolute Gasteiger partial charge is 0.493 e. The van der Waals surface area contributed by atoms with Crippen LogP contribution in [0.1, 0.15) is 56.1 Å². The first-order valence-electron chi connectivity index (χ1n) is 8.07. The van der Waals surface area contributed by atoms with Crippen LogP contribution in [0, 0.1) is 5.92 Å². The number of ether oxygens (including phenoxy) is 1. The number of benzene rings is 1. The Kier molecular flexibility index (Phi) is 4.39. The van der Waals surface area contributed by atoms with Crippen molar-refractivity contribution < 1.29 is 9.53 Å². The Morgan fingerprint density at radius 3 is 2.90 bits per heavy atom. The Labute approximate surface area is 121 Å². The number of Topliss-reactive ketones (excluding diaryl/α,β-unsaturated/α-hetero) is 1. The second-order valence-electron chi connectivity index (χ2n) is 6.29. The van der Waals surface area contributed by atoms with E-state index in [0.29, 0.717) is 18.1 Å². The topological polar surface area (TPSA) is 26.3 Å². The Bertz CT molecular complexity index is 472. The highest BCUT2D eigenvalue weighted by Crippen LogP contribution is 2.28. The summed E-state index contributed by atoms with van der Waals surface area (Å²) in [5, 5.41) is 0. The number of hydrogen-bond donors (Lipinski definition) is 0. The molecule has 2 aliphatic rings. The third-order valence-corrected chi connectivity index (χ3v) is 4.69. The molecule has 1 aromatic carbocycles. The van der Waals surface area contributed by atoms with Gasteiger partial charge >= 0.3 is 0 Å². The Morgan fingerprint density at radius 2 is 2.05 bits per heavy atom. The summed E-state index contributed by atoms with van der Waals surface area (Å²) in [5.74, 6) is 2.15. The van der Waals surface area contributed by atoms with E-state index in [9.17, 15) is 4.79 Å². The summed E-state index contributed by atoms with van der Waals surface area (Å²) >= 11 is 0. The number of ketones is 1. The van der Waals surface area contributed by atoms with Crippen molar-refractivity contribution in [2.24, 2.45) is 5.92 Å². The fourth-order valence-corrected chi connectivity index (χ4v) is 3.49. The molecule has 1 aliphatic carbocycles. The van der Waals surface area contributed by atoms with Gasteiger partial charge in [0.25, 0.3) is 0 Å². The molecule has 2 nitrogen and oxygen atoms in total. The molecular formula is C18H24O2. The smallest absolute Gasteiger partial charge is 0.133 e. The second kappa shape index (κ2) is 6.43. The quantitative estimate of drug-likeness (QED) is 0.807. The maximum Gasteiger partial charge on any atom is 0.133 e. The molecule has 1 heterocycles. The maximum absolute atomic E-state index is 12.1. The SMILES string of the molecule is O=C(CCc1ccc2c(c1)CCO2)CC1CCCCC1. The molecule has 0 saturated heterocycles. The van der Waals surface area contributed by atoms with Crippen LogP contribution in [0.25, 0.3) is 0 Å². The molecule has 0 bridgehead atoms. The predicted molar refractivity (Wildman–Crippen MR) is 80.2 cm³/mol. The van der Waals surface area contributed by atoms with E-state index in [1.807, 2.05) is 0 Å². The average Bonchev–Trinajstić information content (AvgIpc) is 2.93. The number of fused-ring (bicyclic) bond motifs is 1. The van der Waals surface area contributed by atoms with E-state index in [1.165, 1.54) is 43.2 Å². The standard InChI is InChI=1S/C18H24O2/c19-17(13-14-4-2-1-3-5-14)8-6-15-7-9-18-16(12-15)10-11-20-18/h7,9,12,14H,1-6,8,10-11,13H2. The van der Waals surface area contributed by atoms with Gasteiger partial charge in [0.1, 0.15) is 11.5 Å². The molecule has 0 spiro atoms. The summed E-state index contributed by atoms with van der Waals surface area (Å²) in [6.07, 6.45) is 9.96. The van der Waals surface area contributed by atoms with Gasteiger partial charge in [0.15, 0.2) is 0 Å². The number of rotatable bonds is 5. The molecule has 1 saturated carbocycles. The number of aryl methyl sites for hydroxylation is 1. The highest BCUT2D eigenvalue weighted by molar-refractivity contribution is 5.78. The molecule has 0 aromatic heterocycles. The third kappa shape index (κ3) is 3.41. The number of hydrogen-bond acceptors (Lipinski definition) is 2. The molecule has 1 aliphatic heterocycles. The van der Waals surface area contributed by atoms with Gasteiger partial charge in [-0.15, -0.1) is 0 Å². The lowest BCUT2D eigenvalue weighted by molar-refractivity contribution is -0.120. The van der Waals surface area contributed by atoms with Crippen LogP contribution in [-0.2, 0) is 17.6 Å². The first-order chi connectivity index (χ1) is 9.81. The molecule has 0 amide bonds. The monoisotopic (exact) mass is 272 g/mol. The van der Waals surface area contributed by atoms with Crippen LogP contribution in [0.4, 0.5) is 0 Å². The predicted octanol–water partition coefficient (Wildman–Crippen LogP) is 4.09. The van der Waals surface area contributed by atoms with E-state index < -0.39 is 0 Å². The van der Waals surface area contributed by atoms with E-state index >= 15 is 0 Å². The van der Waals surface area contributed by atoms with Crippen LogP contribution in [-0.4, -0.2) is 12.4 Å². The third-order valence-electron chi connectivity index (χ3n) is 4.69. The molecule has 3 rings (SSSR count). The van der Waals surface area contributed by atoms with Crippen LogP contribution in [0.3, 0.4) is 0 Å². The van der Waals surface area contributed by atoms with Gasteiger partial charge in [-0.05, 0) is 29.5 Å². The van der Waals surface area contributed by atoms with Gasteiger partial charge in [0.2, 0.25) is 0 Å². The van der Waals surface area contributed by atoms with E-state index in [4.69, 9.17) is 4.74 Å². The van der Waals surface area contributed by atoms with Crippen LogP contribution >= 0.6 is 0 Å². The van der Waals surface area contributed by atoms with Crippen LogP contribution < -0.4 is 4.74 Å². The zero-order valence-corrected chi connectivity index (χ0v) is 12.2. The Hall–Kier alpha value is -1.31. The lowest BCUT2D eigenvalue weighted by Crippen LogP contribution is -2.12. The number of carbonyl (C=O) groups is 1. The molecule has 0 radical (unpaired) electrons. The van der Waals surface area contributed by atoms with E-state index in [2.05, 4.69) is 18.2 Å². The number of carbonyl (C=O) groups excluding carboxylic acids is 1. The molecular weight excluding hydrogens is 248 g/mol. The van der Waals surface area contributed by atoms with Gasteiger partial charge in [0, 0.05) is 19.3 Å². The van der Waals surface area contributed by atoms with Crippen LogP contribution in [0.5, 0.6) is 5.75 Å². The summed E-state index contributed by atoms with van der Waals surface area (Å²) < 4.78 is 5.51. The minimum absolute atomic E-state index is 0.452. The lowest BCUT2D eigenvalue weighted by atomic mass is 9.85. The zero-order chi connectivity index (χ0) is 13.8. The molecule has 2 heteroatoms. The van der Waals surface area contributed by atoms with Gasteiger partial charge in [-0.2, -0.15) is 0 Å². The zero-order valence-electron chi connectivity index (χ0n) is 12.2. The first kappa shape index (κ1) is 13.7. The van der Waals surface area contributed by atoms with Gasteiger partial charge in [0.05, 0.1) is 6.61 Å². The Balaban J connectivity index is 1.47. The molecule has 1 aromatic rings. The Morgan fingerprint density at radius 1 is 1.20 bits per heavy atom. The van der Waals surface area contributed by atoms with Crippen molar-refractivity contribution in [1.82, 2.24) is 0 Å². The summed E-state index contributed by atoms with van der Waals surface area (Å²) in [6.45, 7) is 0.805. The fraction of sp³-hybridized carbons (Fsp3) is 0.611. The minimum Gasteiger partial charge on any atom is -0.493 e. The van der Waals surface area contributed by atoms with E-state index in [0.717, 1.165) is 31.6 Å². The van der Waals surface area contributed by atoms with Crippen molar-refractivity contribution in [2.45, 2.75) is 57.8 Å². The second-order valence-corrected chi connectivity index (χ2v) is 6.29. The van der Waals surface area contributed by atoms with Crippen molar-refractivity contribution >= 4 is 5.78 Å². The van der Waals surface area contributed by atoms with Gasteiger partial charge in [-0.3, -0.25) is 4.79 Å². The fourth-order valence-electron chi connectivity index (χ4n) is 3.49. The van der Waals surface area contributed by atoms with Crippen molar-refractivity contribution in [3.05, 3.63) is 29.3 Å². The van der Waals surface area contributed by atoms with Crippen molar-refractivity contribution in [1.29, 1.82) is 0 Å². The molecule has 1 fully saturated rings. The summed E-state index contributed by atoms with van der Waals surface area (Å²) in [7, 11) is 0. The molecule has 0 unspecified atom stereocenters. The van der Waals surface area contributed by atoms with Crippen molar-refractivity contribution in [3.63, 3.8) is 0 Å². The maximum atomic E-state index is 12.1. The van der Waals surface area contributed by atoms with Gasteiger partial charge in [-0.1, -0.05) is 44.2 Å². The molecule has 108 valence electrons. The highest BCUT2D eigenvalue weighted by Gasteiger charge is 2.17. The van der Waals surface area contributed by atoms with Gasteiger partial charge < -0.3 is 4.74 Å². The van der Waals surface area contributed by atoms with Crippen molar-refractivity contribution in [2.75, 3.05) is 6.61 Å². The highest BCUT2D eigenvalue weighted by atomic mass is 16.5. The van der Waals surface area contributed by atoms with E-state index in [1.54, 1.807) is 0 Å². The lowest BCUT2D eigenvalue weighted by Gasteiger charge is -2.20. The summed E-state index contributed by atoms with van der Waals surface area (Å²) in [5.41, 5.74) is 2.59.